The van der Waals surface area contributed by atoms with Crippen LogP contribution in [0.25, 0.3) is 0 Å². The van der Waals surface area contributed by atoms with Crippen LogP contribution in [0.3, 0.4) is 0 Å². The predicted molar refractivity (Wildman–Crippen MR) is 106 cm³/mol. The summed E-state index contributed by atoms with van der Waals surface area (Å²) in [4.78, 5) is 14.9. The molecule has 138 valence electrons. The lowest BCUT2D eigenvalue weighted by Crippen LogP contribution is -2.43. The molecule has 0 spiro atoms. The van der Waals surface area contributed by atoms with Gasteiger partial charge in [-0.05, 0) is 54.8 Å². The molecule has 0 aliphatic heterocycles. The molecule has 2 aromatic rings. The van der Waals surface area contributed by atoms with E-state index in [1.165, 1.54) is 19.3 Å². The van der Waals surface area contributed by atoms with Crippen molar-refractivity contribution in [3.05, 3.63) is 59.1 Å². The molecule has 0 bridgehead atoms. The lowest BCUT2D eigenvalue weighted by molar-refractivity contribution is 0.163. The van der Waals surface area contributed by atoms with Crippen molar-refractivity contribution in [3.63, 3.8) is 0 Å². The van der Waals surface area contributed by atoms with Gasteiger partial charge in [-0.25, -0.2) is 4.79 Å². The lowest BCUT2D eigenvalue weighted by Gasteiger charge is -2.34. The van der Waals surface area contributed by atoms with Crippen molar-refractivity contribution in [2.45, 2.75) is 44.7 Å². The Bertz CT molecular complexity index is 710. The summed E-state index contributed by atoms with van der Waals surface area (Å²) in [5.74, 6) is 0.823. The smallest absolute Gasteiger partial charge is 0.322 e. The molecule has 5 heteroatoms. The number of rotatable bonds is 5. The van der Waals surface area contributed by atoms with E-state index in [1.807, 2.05) is 41.3 Å². The molecule has 2 amide bonds. The Balaban J connectivity index is 1.74. The number of urea groups is 1. The van der Waals surface area contributed by atoms with Crippen molar-refractivity contribution in [2.75, 3.05) is 12.4 Å². The molecule has 0 radical (unpaired) electrons. The van der Waals surface area contributed by atoms with Gasteiger partial charge >= 0.3 is 6.03 Å². The van der Waals surface area contributed by atoms with Crippen LogP contribution in [0, 0.1) is 0 Å². The average molecular weight is 373 g/mol. The Morgan fingerprint density at radius 1 is 1.08 bits per heavy atom. The molecule has 1 saturated carbocycles. The maximum atomic E-state index is 13.0. The highest BCUT2D eigenvalue weighted by Gasteiger charge is 2.25. The number of anilines is 1. The molecule has 0 saturated heterocycles. The number of carbonyl (C=O) groups is 1. The maximum Gasteiger partial charge on any atom is 0.322 e. The molecular formula is C21H25ClN2O2. The first-order valence-corrected chi connectivity index (χ1v) is 9.49. The first-order valence-electron chi connectivity index (χ1n) is 9.12. The van der Waals surface area contributed by atoms with Crippen molar-refractivity contribution in [1.29, 1.82) is 0 Å². The molecule has 0 atom stereocenters. The van der Waals surface area contributed by atoms with Gasteiger partial charge in [0.25, 0.3) is 0 Å². The van der Waals surface area contributed by atoms with Gasteiger partial charge < -0.3 is 15.0 Å². The minimum absolute atomic E-state index is 0.0601. The van der Waals surface area contributed by atoms with Crippen LogP contribution in [0.5, 0.6) is 5.75 Å². The van der Waals surface area contributed by atoms with Gasteiger partial charge in [-0.2, -0.15) is 0 Å². The predicted octanol–water partition coefficient (Wildman–Crippen LogP) is 5.72. The highest BCUT2D eigenvalue weighted by molar-refractivity contribution is 6.30. The fourth-order valence-corrected chi connectivity index (χ4v) is 3.54. The van der Waals surface area contributed by atoms with Crippen molar-refractivity contribution in [3.8, 4) is 5.75 Å². The third-order valence-corrected chi connectivity index (χ3v) is 5.14. The highest BCUT2D eigenvalue weighted by atomic mass is 35.5. The number of nitrogens with one attached hydrogen (secondary N) is 1. The lowest BCUT2D eigenvalue weighted by atomic mass is 9.94. The van der Waals surface area contributed by atoms with E-state index in [1.54, 1.807) is 19.2 Å². The molecule has 2 aromatic carbocycles. The number of amides is 2. The van der Waals surface area contributed by atoms with E-state index in [4.69, 9.17) is 16.3 Å². The average Bonchev–Trinajstić information content (AvgIpc) is 2.69. The van der Waals surface area contributed by atoms with E-state index in [9.17, 15) is 4.79 Å². The number of nitrogens with zero attached hydrogens (tertiary/aromatic N) is 1. The fraction of sp³-hybridized carbons (Fsp3) is 0.381. The second-order valence-electron chi connectivity index (χ2n) is 6.70. The monoisotopic (exact) mass is 372 g/mol. The first kappa shape index (κ1) is 18.6. The van der Waals surface area contributed by atoms with Gasteiger partial charge in [0, 0.05) is 23.3 Å². The topological polar surface area (TPSA) is 41.6 Å². The quantitative estimate of drug-likeness (QED) is 0.729. The summed E-state index contributed by atoms with van der Waals surface area (Å²) >= 11 is 5.93. The van der Waals surface area contributed by atoms with E-state index in [2.05, 4.69) is 5.32 Å². The van der Waals surface area contributed by atoms with E-state index < -0.39 is 0 Å². The SMILES string of the molecule is COc1ccc(CN(C(=O)Nc2ccc(Cl)cc2)C2CCCCC2)cc1. The third kappa shape index (κ3) is 4.92. The number of benzene rings is 2. The molecule has 4 nitrogen and oxygen atoms in total. The number of hydrogen-bond acceptors (Lipinski definition) is 2. The second-order valence-corrected chi connectivity index (χ2v) is 7.14. The van der Waals surface area contributed by atoms with E-state index >= 15 is 0 Å². The van der Waals surface area contributed by atoms with Crippen molar-refractivity contribution in [1.82, 2.24) is 4.90 Å². The van der Waals surface area contributed by atoms with Crippen LogP contribution >= 0.6 is 11.6 Å². The summed E-state index contributed by atoms with van der Waals surface area (Å²) in [6.07, 6.45) is 5.73. The summed E-state index contributed by atoms with van der Waals surface area (Å²) in [5.41, 5.74) is 1.86. The fourth-order valence-electron chi connectivity index (χ4n) is 3.42. The zero-order valence-electron chi connectivity index (χ0n) is 15.1. The number of halogens is 1. The minimum Gasteiger partial charge on any atom is -0.497 e. The van der Waals surface area contributed by atoms with Crippen molar-refractivity contribution < 1.29 is 9.53 Å². The normalized spacial score (nSPS) is 14.7. The Hall–Kier alpha value is -2.20. The van der Waals surface area contributed by atoms with Crippen LogP contribution in [-0.4, -0.2) is 24.1 Å². The molecule has 0 aromatic heterocycles. The van der Waals surface area contributed by atoms with Gasteiger partial charge in [-0.15, -0.1) is 0 Å². The van der Waals surface area contributed by atoms with E-state index in [0.29, 0.717) is 11.6 Å². The third-order valence-electron chi connectivity index (χ3n) is 4.88. The van der Waals surface area contributed by atoms with Crippen molar-refractivity contribution in [2.24, 2.45) is 0 Å². The minimum atomic E-state index is -0.0601. The second kappa shape index (κ2) is 8.95. The van der Waals surface area contributed by atoms with Gasteiger partial charge in [-0.1, -0.05) is 43.0 Å². The Labute approximate surface area is 160 Å². The van der Waals surface area contributed by atoms with E-state index in [0.717, 1.165) is 29.8 Å². The van der Waals surface area contributed by atoms with E-state index in [-0.39, 0.29) is 12.1 Å². The van der Waals surface area contributed by atoms with Gasteiger partial charge in [-0.3, -0.25) is 0 Å². The van der Waals surface area contributed by atoms with Crippen molar-refractivity contribution >= 4 is 23.3 Å². The summed E-state index contributed by atoms with van der Waals surface area (Å²) in [5, 5.41) is 3.67. The number of carbonyl (C=O) groups excluding carboxylic acids is 1. The van der Waals surface area contributed by atoms with Crippen LogP contribution in [-0.2, 0) is 6.54 Å². The highest BCUT2D eigenvalue weighted by Crippen LogP contribution is 2.26. The maximum absolute atomic E-state index is 13.0. The zero-order valence-corrected chi connectivity index (χ0v) is 15.8. The Kier molecular flexibility index (Phi) is 6.40. The molecule has 1 aliphatic carbocycles. The number of ether oxygens (including phenoxy) is 1. The summed E-state index contributed by atoms with van der Waals surface area (Å²) in [6, 6.07) is 15.3. The molecule has 1 aliphatic rings. The Morgan fingerprint density at radius 3 is 2.35 bits per heavy atom. The van der Waals surface area contributed by atoms with Crippen LogP contribution in [0.4, 0.5) is 10.5 Å². The zero-order chi connectivity index (χ0) is 18.4. The summed E-state index contributed by atoms with van der Waals surface area (Å²) < 4.78 is 5.22. The largest absolute Gasteiger partial charge is 0.497 e. The van der Waals surface area contributed by atoms with Crippen LogP contribution in [0.1, 0.15) is 37.7 Å². The molecule has 1 N–H and O–H groups in total. The molecular weight excluding hydrogens is 348 g/mol. The molecule has 26 heavy (non-hydrogen) atoms. The van der Waals surface area contributed by atoms with Gasteiger partial charge in [0.2, 0.25) is 0 Å². The van der Waals surface area contributed by atoms with Crippen LogP contribution < -0.4 is 10.1 Å². The van der Waals surface area contributed by atoms with Gasteiger partial charge in [0.1, 0.15) is 5.75 Å². The summed E-state index contributed by atoms with van der Waals surface area (Å²) in [7, 11) is 1.66. The standard InChI is InChI=1S/C21H25ClN2O2/c1-26-20-13-7-16(8-14-20)15-24(19-5-3-2-4-6-19)21(25)23-18-11-9-17(22)10-12-18/h7-14,19H,2-6,15H2,1H3,(H,23,25). The van der Waals surface area contributed by atoms with Gasteiger partial charge in [0.15, 0.2) is 0 Å². The molecule has 0 heterocycles. The van der Waals surface area contributed by atoms with Crippen LogP contribution in [0.2, 0.25) is 5.02 Å². The van der Waals surface area contributed by atoms with Gasteiger partial charge in [0.05, 0.1) is 7.11 Å². The molecule has 0 unspecified atom stereocenters. The molecule has 1 fully saturated rings. The van der Waals surface area contributed by atoms with Crippen LogP contribution in [0.15, 0.2) is 48.5 Å². The first-order chi connectivity index (χ1) is 12.7. The number of hydrogen-bond donors (Lipinski definition) is 1. The Morgan fingerprint density at radius 2 is 1.73 bits per heavy atom. The summed E-state index contributed by atoms with van der Waals surface area (Å²) in [6.45, 7) is 0.591. The number of methoxy groups -OCH3 is 1. The molecule has 3 rings (SSSR count).